The fraction of sp³-hybridized carbons (Fsp3) is 0.882. The molecule has 0 aromatic heterocycles. The van der Waals surface area contributed by atoms with Crippen LogP contribution < -0.4 is 21.3 Å². The van der Waals surface area contributed by atoms with Crippen molar-refractivity contribution in [1.82, 2.24) is 21.3 Å². The van der Waals surface area contributed by atoms with E-state index in [1.807, 2.05) is 34.9 Å². The maximum absolute atomic E-state index is 12.6. The van der Waals surface area contributed by atoms with Gasteiger partial charge in [-0.25, -0.2) is 0 Å². The number of hydrogen-bond donors (Lipinski definition) is 6. The number of carbonyl (C=O) groups is 4. The molecule has 2 amide bonds. The van der Waals surface area contributed by atoms with Crippen molar-refractivity contribution in [3.63, 3.8) is 0 Å². The van der Waals surface area contributed by atoms with Gasteiger partial charge in [0.25, 0.3) is 0 Å². The molecule has 0 radical (unpaired) electrons. The summed E-state index contributed by atoms with van der Waals surface area (Å²) >= 11 is 0. The zero-order valence-corrected chi connectivity index (χ0v) is 33.9. The molecule has 0 bridgehead atoms. The normalized spacial score (nSPS) is 15.7. The molecule has 0 rings (SSSR count). The molecule has 0 aromatic rings. The highest BCUT2D eigenvalue weighted by molar-refractivity contribution is 6.84. The second-order valence-corrected chi connectivity index (χ2v) is 24.0. The van der Waals surface area contributed by atoms with E-state index in [1.165, 1.54) is 0 Å². The molecule has 6 unspecified atom stereocenters. The quantitative estimate of drug-likeness (QED) is 0.0628. The Labute approximate surface area is 288 Å². The van der Waals surface area contributed by atoms with Gasteiger partial charge >= 0.3 is 11.9 Å². The zero-order chi connectivity index (χ0) is 36.8. The Morgan fingerprint density at radius 2 is 0.979 bits per heavy atom. The number of unbranched alkanes of at least 4 members (excludes halogenated alkanes) is 1. The van der Waals surface area contributed by atoms with Crippen molar-refractivity contribution in [3.8, 4) is 0 Å². The third-order valence-corrected chi connectivity index (χ3v) is 14.4. The van der Waals surface area contributed by atoms with Gasteiger partial charge in [-0.15, -0.1) is 0 Å². The molecule has 6 N–H and O–H groups in total. The molecule has 0 saturated heterocycles. The minimum atomic E-state index is -1.77. The monoisotopic (exact) mass is 704 g/mol. The van der Waals surface area contributed by atoms with E-state index in [1.54, 1.807) is 0 Å². The molecular weight excluding hydrogens is 633 g/mol. The Morgan fingerprint density at radius 1 is 0.617 bits per heavy atom. The molecule has 0 heterocycles. The van der Waals surface area contributed by atoms with E-state index in [2.05, 4.69) is 67.8 Å². The summed E-state index contributed by atoms with van der Waals surface area (Å²) in [6.07, 6.45) is 7.46. The highest BCUT2D eigenvalue weighted by atomic mass is 28.4. The molecule has 0 aliphatic heterocycles. The smallest absolute Gasteiger partial charge is 0.304 e. The number of hydrogen-bond acceptors (Lipinski definition) is 7. The van der Waals surface area contributed by atoms with E-state index in [0.717, 1.165) is 51.0 Å². The summed E-state index contributed by atoms with van der Waals surface area (Å²) in [5, 5.41) is 30.4. The fourth-order valence-electron chi connectivity index (χ4n) is 5.33. The van der Waals surface area contributed by atoms with Crippen molar-refractivity contribution in [2.75, 3.05) is 14.1 Å². The van der Waals surface area contributed by atoms with Crippen LogP contribution in [0.4, 0.5) is 0 Å². The van der Waals surface area contributed by atoms with E-state index in [4.69, 9.17) is 9.22 Å². The van der Waals surface area contributed by atoms with Crippen LogP contribution in [0, 0.1) is 11.8 Å². The standard InChI is InChI=1S/C19H42N2O4Si2.C15H30N2O3/c1-15(20-3)11-12-16(2)21-19(24)17(14-18(22)23)10-9-13-27(7,8)25-26(4,5)6;1-5-6-7-13(10-14(18)19)15(20)17-12(3)9-8-11(2)16-4/h15-17,20H,9-14H2,1-8H3,(H,21,24)(H,22,23);11-13,16H,5-10H2,1-4H3,(H,17,20)(H,18,19). The van der Waals surface area contributed by atoms with Crippen molar-refractivity contribution >= 4 is 40.4 Å². The fourth-order valence-corrected chi connectivity index (χ4v) is 13.4. The Kier molecular flexibility index (Phi) is 25.4. The first kappa shape index (κ1) is 47.3. The average molecular weight is 705 g/mol. The molecule has 0 aliphatic carbocycles. The van der Waals surface area contributed by atoms with Gasteiger partial charge in [0.1, 0.15) is 0 Å². The van der Waals surface area contributed by atoms with Gasteiger partial charge in [0.2, 0.25) is 11.8 Å². The van der Waals surface area contributed by atoms with Gasteiger partial charge < -0.3 is 35.6 Å². The van der Waals surface area contributed by atoms with Crippen molar-refractivity contribution in [2.45, 2.75) is 168 Å². The minimum absolute atomic E-state index is 0.0469. The van der Waals surface area contributed by atoms with Crippen LogP contribution in [-0.4, -0.2) is 88.9 Å². The maximum Gasteiger partial charge on any atom is 0.304 e. The SMILES string of the molecule is CCCCC(CC(=O)O)C(=O)NC(C)CCC(C)NC.CNC(C)CCC(C)NC(=O)C(CCC[Si](C)(C)O[Si](C)(C)C)CC(=O)O. The van der Waals surface area contributed by atoms with Crippen molar-refractivity contribution in [2.24, 2.45) is 11.8 Å². The van der Waals surface area contributed by atoms with Crippen LogP contribution in [0.5, 0.6) is 0 Å². The van der Waals surface area contributed by atoms with Crippen LogP contribution in [-0.2, 0) is 23.3 Å². The maximum atomic E-state index is 12.6. The van der Waals surface area contributed by atoms with Crippen molar-refractivity contribution in [3.05, 3.63) is 0 Å². The molecule has 11 nitrogen and oxygen atoms in total. The minimum Gasteiger partial charge on any atom is -0.481 e. The Balaban J connectivity index is 0. The number of carboxylic acid groups (broad SMARTS) is 2. The molecule has 0 saturated carbocycles. The summed E-state index contributed by atoms with van der Waals surface area (Å²) in [4.78, 5) is 46.7. The van der Waals surface area contributed by atoms with E-state index in [9.17, 15) is 24.3 Å². The van der Waals surface area contributed by atoms with Gasteiger partial charge in [0, 0.05) is 36.0 Å². The highest BCUT2D eigenvalue weighted by Gasteiger charge is 2.30. The first-order valence-electron chi connectivity index (χ1n) is 17.7. The molecule has 47 heavy (non-hydrogen) atoms. The van der Waals surface area contributed by atoms with Crippen LogP contribution >= 0.6 is 0 Å². The average Bonchev–Trinajstić information content (AvgIpc) is 2.94. The summed E-state index contributed by atoms with van der Waals surface area (Å²) in [6, 6.07) is 1.90. The van der Waals surface area contributed by atoms with E-state index in [-0.39, 0.29) is 36.7 Å². The third kappa shape index (κ3) is 27.8. The second-order valence-electron chi connectivity index (χ2n) is 15.0. The number of carbonyl (C=O) groups excluding carboxylic acids is 2. The van der Waals surface area contributed by atoms with E-state index < -0.39 is 40.4 Å². The van der Waals surface area contributed by atoms with Gasteiger partial charge in [-0.05, 0) is 119 Å². The number of rotatable bonds is 25. The van der Waals surface area contributed by atoms with E-state index in [0.29, 0.717) is 24.9 Å². The lowest BCUT2D eigenvalue weighted by Crippen LogP contribution is -2.42. The van der Waals surface area contributed by atoms with Crippen LogP contribution in [0.3, 0.4) is 0 Å². The van der Waals surface area contributed by atoms with Crippen molar-refractivity contribution < 1.29 is 33.5 Å². The lowest BCUT2D eigenvalue weighted by Gasteiger charge is -2.32. The van der Waals surface area contributed by atoms with Gasteiger partial charge in [-0.1, -0.05) is 26.2 Å². The summed E-state index contributed by atoms with van der Waals surface area (Å²) in [5.74, 6) is -2.95. The third-order valence-electron chi connectivity index (χ3n) is 8.23. The van der Waals surface area contributed by atoms with Crippen LogP contribution in [0.25, 0.3) is 0 Å². The summed E-state index contributed by atoms with van der Waals surface area (Å²) in [6.45, 7) is 21.2. The molecule has 0 aromatic carbocycles. The van der Waals surface area contributed by atoms with E-state index >= 15 is 0 Å². The number of amides is 2. The van der Waals surface area contributed by atoms with Gasteiger partial charge in [-0.2, -0.15) is 0 Å². The Bertz CT molecular complexity index is 902. The highest BCUT2D eigenvalue weighted by Crippen LogP contribution is 2.23. The molecular formula is C34H72N4O7Si2. The lowest BCUT2D eigenvalue weighted by atomic mass is 9.97. The Hall–Kier alpha value is -1.81. The molecule has 278 valence electrons. The number of nitrogens with one attached hydrogen (secondary N) is 4. The first-order valence-corrected chi connectivity index (χ1v) is 24.3. The lowest BCUT2D eigenvalue weighted by molar-refractivity contribution is -0.141. The summed E-state index contributed by atoms with van der Waals surface area (Å²) in [5.41, 5.74) is 0. The number of aliphatic carboxylic acids is 2. The first-order chi connectivity index (χ1) is 21.7. The largest absolute Gasteiger partial charge is 0.481 e. The Morgan fingerprint density at radius 3 is 1.30 bits per heavy atom. The molecule has 0 aliphatic rings. The predicted octanol–water partition coefficient (Wildman–Crippen LogP) is 5.97. The second kappa shape index (κ2) is 25.2. The number of carboxylic acids is 2. The van der Waals surface area contributed by atoms with Crippen LogP contribution in [0.1, 0.15) is 105 Å². The van der Waals surface area contributed by atoms with Gasteiger partial charge in [0.05, 0.1) is 12.8 Å². The van der Waals surface area contributed by atoms with Gasteiger partial charge in [0.15, 0.2) is 16.6 Å². The van der Waals surface area contributed by atoms with Crippen molar-refractivity contribution in [1.29, 1.82) is 0 Å². The molecule has 0 fully saturated rings. The molecule has 13 heteroatoms. The van der Waals surface area contributed by atoms with Crippen LogP contribution in [0.2, 0.25) is 38.8 Å². The summed E-state index contributed by atoms with van der Waals surface area (Å²) < 4.78 is 6.33. The molecule has 0 spiro atoms. The zero-order valence-electron chi connectivity index (χ0n) is 31.9. The summed E-state index contributed by atoms with van der Waals surface area (Å²) in [7, 11) is 0.498. The van der Waals surface area contributed by atoms with Gasteiger partial charge in [-0.3, -0.25) is 19.2 Å². The predicted molar refractivity (Wildman–Crippen MR) is 198 cm³/mol. The molecule has 6 atom stereocenters. The topological polar surface area (TPSA) is 166 Å². The van der Waals surface area contributed by atoms with Crippen LogP contribution in [0.15, 0.2) is 0 Å².